The molecule has 7 nitrogen and oxygen atoms in total. The number of nitrogens with one attached hydrogen (secondary N) is 1. The van der Waals surface area contributed by atoms with Gasteiger partial charge in [0.15, 0.2) is 0 Å². The van der Waals surface area contributed by atoms with Gasteiger partial charge in [-0.3, -0.25) is 14.4 Å². The first kappa shape index (κ1) is 23.6. The summed E-state index contributed by atoms with van der Waals surface area (Å²) in [5, 5.41) is 4.17. The lowest BCUT2D eigenvalue weighted by atomic mass is 9.92. The lowest BCUT2D eigenvalue weighted by Crippen LogP contribution is -2.44. The molecule has 1 saturated carbocycles. The molecule has 8 heteroatoms. The predicted octanol–water partition coefficient (Wildman–Crippen LogP) is 4.95. The summed E-state index contributed by atoms with van der Waals surface area (Å²) in [5.74, 6) is 1.19. The summed E-state index contributed by atoms with van der Waals surface area (Å²) in [6.45, 7) is 3.99. The molecule has 2 aromatic carbocycles. The minimum absolute atomic E-state index is 0.102. The second kappa shape index (κ2) is 9.05. The van der Waals surface area contributed by atoms with Gasteiger partial charge < -0.3 is 10.2 Å². The standard InChI is InChI=1S/C30H30N4O3S/c1-17-32-24-14-22(9-10-26(24)38-17)34-29(36)23-5-2-6-25(27(23)30(34)37)33-11-3-4-20(16-33)28(35)31-15-21-13-18-7-8-19(21)12-18/h2,5-10,14,18-21H,3-4,11-13,15-16H2,1H3,(H,31,35)/t18-,19+,20?,21-/m0/s1. The molecule has 1 N–H and O–H groups in total. The summed E-state index contributed by atoms with van der Waals surface area (Å²) in [7, 11) is 0. The van der Waals surface area contributed by atoms with Gasteiger partial charge in [0, 0.05) is 19.6 Å². The van der Waals surface area contributed by atoms with E-state index in [1.54, 1.807) is 17.4 Å². The van der Waals surface area contributed by atoms with Gasteiger partial charge in [-0.2, -0.15) is 0 Å². The third kappa shape index (κ3) is 3.85. The predicted molar refractivity (Wildman–Crippen MR) is 149 cm³/mol. The van der Waals surface area contributed by atoms with E-state index in [0.29, 0.717) is 41.1 Å². The number of thiazole rings is 1. The Morgan fingerprint density at radius 3 is 2.84 bits per heavy atom. The van der Waals surface area contributed by atoms with Crippen LogP contribution in [0.25, 0.3) is 10.2 Å². The van der Waals surface area contributed by atoms with Gasteiger partial charge >= 0.3 is 0 Å². The van der Waals surface area contributed by atoms with E-state index in [4.69, 9.17) is 0 Å². The number of imide groups is 1. The molecule has 1 unspecified atom stereocenters. The third-order valence-corrected chi connectivity index (χ3v) is 9.67. The van der Waals surface area contributed by atoms with Gasteiger partial charge in [-0.15, -0.1) is 11.3 Å². The Bertz CT molecular complexity index is 1510. The molecule has 38 heavy (non-hydrogen) atoms. The number of fused-ring (bicyclic) bond motifs is 4. The molecule has 2 aliphatic heterocycles. The Balaban J connectivity index is 1.10. The minimum atomic E-state index is -0.317. The maximum absolute atomic E-state index is 13.7. The van der Waals surface area contributed by atoms with Gasteiger partial charge in [0.2, 0.25) is 5.91 Å². The van der Waals surface area contributed by atoms with Crippen LogP contribution in [0.4, 0.5) is 11.4 Å². The zero-order valence-corrected chi connectivity index (χ0v) is 22.2. The Kier molecular flexibility index (Phi) is 5.62. The van der Waals surface area contributed by atoms with Crippen molar-refractivity contribution in [1.82, 2.24) is 10.3 Å². The Morgan fingerprint density at radius 1 is 1.13 bits per heavy atom. The number of anilines is 2. The maximum Gasteiger partial charge on any atom is 0.268 e. The third-order valence-electron chi connectivity index (χ3n) is 8.72. The lowest BCUT2D eigenvalue weighted by Gasteiger charge is -2.35. The second-order valence-corrected chi connectivity index (χ2v) is 12.3. The largest absolute Gasteiger partial charge is 0.370 e. The van der Waals surface area contributed by atoms with Crippen LogP contribution in [0.5, 0.6) is 0 Å². The van der Waals surface area contributed by atoms with Crippen molar-refractivity contribution in [3.8, 4) is 0 Å². The Hall–Kier alpha value is -3.52. The topological polar surface area (TPSA) is 82.6 Å². The highest BCUT2D eigenvalue weighted by Gasteiger charge is 2.41. The summed E-state index contributed by atoms with van der Waals surface area (Å²) in [4.78, 5) is 48.2. The molecule has 4 atom stereocenters. The van der Waals surface area contributed by atoms with E-state index in [9.17, 15) is 14.4 Å². The minimum Gasteiger partial charge on any atom is -0.370 e. The van der Waals surface area contributed by atoms with Gasteiger partial charge in [-0.25, -0.2) is 9.88 Å². The SMILES string of the molecule is Cc1nc2cc(N3C(=O)c4cccc(N5CCCC(C(=O)NC[C@@H]6C[C@H]7C=C[C@@H]6C7)C5)c4C3=O)ccc2s1. The van der Waals surface area contributed by atoms with Crippen molar-refractivity contribution in [1.29, 1.82) is 0 Å². The van der Waals surface area contributed by atoms with Crippen LogP contribution in [0.1, 0.15) is 51.4 Å². The van der Waals surface area contributed by atoms with Gasteiger partial charge in [0.25, 0.3) is 11.8 Å². The molecule has 2 aliphatic carbocycles. The van der Waals surface area contributed by atoms with Crippen LogP contribution in [0.3, 0.4) is 0 Å². The van der Waals surface area contributed by atoms with E-state index >= 15 is 0 Å². The summed E-state index contributed by atoms with van der Waals surface area (Å²) >= 11 is 1.59. The van der Waals surface area contributed by atoms with Crippen LogP contribution in [0, 0.1) is 30.6 Å². The van der Waals surface area contributed by atoms with Crippen LogP contribution < -0.4 is 15.1 Å². The van der Waals surface area contributed by atoms with Gasteiger partial charge in [-0.05, 0) is 80.7 Å². The van der Waals surface area contributed by atoms with Crippen molar-refractivity contribution >= 4 is 50.6 Å². The number of aryl methyl sites for hydroxylation is 1. The van der Waals surface area contributed by atoms with Crippen molar-refractivity contribution in [3.63, 3.8) is 0 Å². The summed E-state index contributed by atoms with van der Waals surface area (Å²) in [5.41, 5.74) is 2.91. The lowest BCUT2D eigenvalue weighted by molar-refractivity contribution is -0.125. The number of hydrogen-bond acceptors (Lipinski definition) is 6. The number of carbonyl (C=O) groups excluding carboxylic acids is 3. The van der Waals surface area contributed by atoms with Crippen molar-refractivity contribution in [2.75, 3.05) is 29.4 Å². The smallest absolute Gasteiger partial charge is 0.268 e. The molecule has 2 fully saturated rings. The molecule has 3 heterocycles. The molecular weight excluding hydrogens is 496 g/mol. The van der Waals surface area contributed by atoms with Crippen LogP contribution in [-0.4, -0.2) is 42.3 Å². The number of nitrogens with zero attached hydrogens (tertiary/aromatic N) is 3. The zero-order valence-electron chi connectivity index (χ0n) is 21.4. The van der Waals surface area contributed by atoms with E-state index in [0.717, 1.165) is 46.8 Å². The number of rotatable bonds is 5. The molecule has 3 aromatic rings. The Labute approximate surface area is 225 Å². The molecule has 1 saturated heterocycles. The molecular formula is C30H30N4O3S. The molecule has 3 amide bonds. The number of aromatic nitrogens is 1. The van der Waals surface area contributed by atoms with E-state index in [-0.39, 0.29) is 23.6 Å². The summed E-state index contributed by atoms with van der Waals surface area (Å²) in [6, 6.07) is 11.0. The maximum atomic E-state index is 13.7. The number of benzene rings is 2. The fourth-order valence-electron chi connectivity index (χ4n) is 6.85. The van der Waals surface area contributed by atoms with Gasteiger partial charge in [-0.1, -0.05) is 18.2 Å². The molecule has 4 aliphatic rings. The number of carbonyl (C=O) groups is 3. The van der Waals surface area contributed by atoms with E-state index < -0.39 is 0 Å². The van der Waals surface area contributed by atoms with E-state index in [1.807, 2.05) is 37.3 Å². The van der Waals surface area contributed by atoms with Crippen LogP contribution in [0.15, 0.2) is 48.6 Å². The van der Waals surface area contributed by atoms with E-state index in [2.05, 4.69) is 27.4 Å². The molecule has 0 radical (unpaired) electrons. The normalized spacial score (nSPS) is 26.0. The molecule has 2 bridgehead atoms. The monoisotopic (exact) mass is 526 g/mol. The van der Waals surface area contributed by atoms with Crippen LogP contribution >= 0.6 is 11.3 Å². The fourth-order valence-corrected chi connectivity index (χ4v) is 7.66. The molecule has 1 aromatic heterocycles. The number of hydrogen-bond donors (Lipinski definition) is 1. The number of piperidine rings is 1. The number of allylic oxidation sites excluding steroid dienone is 2. The highest BCUT2D eigenvalue weighted by atomic mass is 32.1. The molecule has 194 valence electrons. The summed E-state index contributed by atoms with van der Waals surface area (Å²) < 4.78 is 1.03. The van der Waals surface area contributed by atoms with E-state index in [1.165, 1.54) is 17.7 Å². The van der Waals surface area contributed by atoms with Crippen molar-refractivity contribution < 1.29 is 14.4 Å². The fraction of sp³-hybridized carbons (Fsp3) is 0.400. The van der Waals surface area contributed by atoms with Crippen molar-refractivity contribution in [3.05, 3.63) is 64.7 Å². The van der Waals surface area contributed by atoms with Crippen molar-refractivity contribution in [2.24, 2.45) is 23.7 Å². The molecule has 7 rings (SSSR count). The van der Waals surface area contributed by atoms with Crippen molar-refractivity contribution in [2.45, 2.75) is 32.6 Å². The van der Waals surface area contributed by atoms with Crippen LogP contribution in [0.2, 0.25) is 0 Å². The zero-order chi connectivity index (χ0) is 26.0. The summed E-state index contributed by atoms with van der Waals surface area (Å²) in [6.07, 6.45) is 8.75. The average Bonchev–Trinajstić information content (AvgIpc) is 3.70. The first-order chi connectivity index (χ1) is 18.5. The second-order valence-electron chi connectivity index (χ2n) is 11.1. The highest BCUT2D eigenvalue weighted by Crippen LogP contribution is 2.43. The quantitative estimate of drug-likeness (QED) is 0.376. The molecule has 0 spiro atoms. The number of amides is 3. The van der Waals surface area contributed by atoms with Gasteiger partial charge in [0.1, 0.15) is 0 Å². The van der Waals surface area contributed by atoms with Gasteiger partial charge in [0.05, 0.1) is 43.6 Å². The highest BCUT2D eigenvalue weighted by molar-refractivity contribution is 7.18. The van der Waals surface area contributed by atoms with Crippen LogP contribution in [-0.2, 0) is 4.79 Å². The first-order valence-electron chi connectivity index (χ1n) is 13.6. The Morgan fingerprint density at radius 2 is 2.03 bits per heavy atom. The first-order valence-corrected chi connectivity index (χ1v) is 14.4. The average molecular weight is 527 g/mol.